The van der Waals surface area contributed by atoms with Crippen molar-refractivity contribution in [2.75, 3.05) is 13.2 Å². The Labute approximate surface area is 101 Å². The molecule has 0 atom stereocenters. The summed E-state index contributed by atoms with van der Waals surface area (Å²) >= 11 is 0. The number of ether oxygens (including phenoxy) is 1. The van der Waals surface area contributed by atoms with Gasteiger partial charge in [0.2, 0.25) is 0 Å². The van der Waals surface area contributed by atoms with Gasteiger partial charge in [-0.25, -0.2) is 0 Å². The molecule has 5 nitrogen and oxygen atoms in total. The second-order valence-corrected chi connectivity index (χ2v) is 3.38. The molecule has 0 amide bonds. The number of nitrogen functional groups attached to an aromatic ring is 1. The minimum absolute atomic E-state index is 0.0385. The number of aliphatic hydroxyl groups excluding tert-OH is 1. The van der Waals surface area contributed by atoms with Gasteiger partial charge in [-0.1, -0.05) is 20.3 Å². The molecule has 0 aliphatic rings. The van der Waals surface area contributed by atoms with Gasteiger partial charge in [-0.15, -0.1) is 0 Å². The molecule has 17 heavy (non-hydrogen) atoms. The molecule has 96 valence electrons. The summed E-state index contributed by atoms with van der Waals surface area (Å²) < 4.78 is 5.02. The number of hydrogen-bond donors (Lipinski definition) is 4. The van der Waals surface area contributed by atoms with Crippen LogP contribution < -0.4 is 10.5 Å². The van der Waals surface area contributed by atoms with Crippen LogP contribution in [0.1, 0.15) is 25.8 Å². The lowest BCUT2D eigenvalue weighted by atomic mass is 10.2. The number of amidine groups is 1. The summed E-state index contributed by atoms with van der Waals surface area (Å²) in [5, 5.41) is 25.0. The lowest BCUT2D eigenvalue weighted by Gasteiger charge is -2.07. The Morgan fingerprint density at radius 1 is 1.41 bits per heavy atom. The molecule has 1 aromatic carbocycles. The van der Waals surface area contributed by atoms with E-state index < -0.39 is 0 Å². The van der Waals surface area contributed by atoms with Crippen LogP contribution in [0.25, 0.3) is 0 Å². The first-order chi connectivity index (χ1) is 8.06. The number of hydrogen-bond acceptors (Lipinski definition) is 4. The number of aliphatic hydroxyl groups is 1. The van der Waals surface area contributed by atoms with Crippen LogP contribution in [0, 0.1) is 5.41 Å². The van der Waals surface area contributed by atoms with Crippen LogP contribution in [0.3, 0.4) is 0 Å². The highest BCUT2D eigenvalue weighted by molar-refractivity contribution is 5.95. The number of benzene rings is 1. The van der Waals surface area contributed by atoms with Crippen LogP contribution >= 0.6 is 0 Å². The highest BCUT2D eigenvalue weighted by atomic mass is 16.5. The van der Waals surface area contributed by atoms with Gasteiger partial charge in [-0.2, -0.15) is 0 Å². The Morgan fingerprint density at radius 2 is 2.00 bits per heavy atom. The maximum absolute atomic E-state index is 9.33. The van der Waals surface area contributed by atoms with Crippen LogP contribution in [-0.2, 0) is 0 Å². The summed E-state index contributed by atoms with van der Waals surface area (Å²) in [4.78, 5) is 0. The first kappa shape index (κ1) is 15.2. The molecule has 0 aromatic heterocycles. The molecule has 0 aliphatic heterocycles. The van der Waals surface area contributed by atoms with Crippen molar-refractivity contribution in [2.45, 2.75) is 20.3 Å². The maximum atomic E-state index is 9.33. The molecular weight excluding hydrogens is 220 g/mol. The predicted molar refractivity (Wildman–Crippen MR) is 67.7 cm³/mol. The van der Waals surface area contributed by atoms with Crippen molar-refractivity contribution in [2.24, 2.45) is 5.73 Å². The quantitative estimate of drug-likeness (QED) is 0.473. The molecule has 0 aliphatic carbocycles. The van der Waals surface area contributed by atoms with Gasteiger partial charge in [0, 0.05) is 5.56 Å². The average Bonchev–Trinajstić information content (AvgIpc) is 2.28. The van der Waals surface area contributed by atoms with E-state index in [1.807, 2.05) is 0 Å². The van der Waals surface area contributed by atoms with Crippen LogP contribution in [0.4, 0.5) is 0 Å². The van der Waals surface area contributed by atoms with E-state index in [0.717, 1.165) is 0 Å². The van der Waals surface area contributed by atoms with E-state index in [2.05, 4.69) is 13.8 Å². The van der Waals surface area contributed by atoms with Crippen molar-refractivity contribution < 1.29 is 14.9 Å². The summed E-state index contributed by atoms with van der Waals surface area (Å²) in [5.41, 5.74) is 5.73. The van der Waals surface area contributed by atoms with Gasteiger partial charge >= 0.3 is 0 Å². The minimum Gasteiger partial charge on any atom is -0.504 e. The number of rotatable bonds is 4. The van der Waals surface area contributed by atoms with Crippen molar-refractivity contribution in [1.29, 1.82) is 5.41 Å². The zero-order valence-electron chi connectivity index (χ0n) is 10.2. The topological polar surface area (TPSA) is 99.6 Å². The zero-order valence-corrected chi connectivity index (χ0v) is 10.2. The van der Waals surface area contributed by atoms with Gasteiger partial charge < -0.3 is 20.7 Å². The standard InChI is InChI=1S/C9H12N2O3.C3H8/c10-9(11)6-1-2-7(13)8(5-6)14-4-3-12;1-3-2/h1-2,5,12-13H,3-4H2,(H3,10,11);3H2,1-2H3. The summed E-state index contributed by atoms with van der Waals surface area (Å²) in [6, 6.07) is 4.36. The molecule has 0 heterocycles. The van der Waals surface area contributed by atoms with Crippen molar-refractivity contribution in [3.05, 3.63) is 23.8 Å². The van der Waals surface area contributed by atoms with E-state index in [1.165, 1.54) is 24.6 Å². The third kappa shape index (κ3) is 5.77. The monoisotopic (exact) mass is 240 g/mol. The van der Waals surface area contributed by atoms with Gasteiger partial charge in [0.25, 0.3) is 0 Å². The third-order valence-corrected chi connectivity index (χ3v) is 1.62. The molecular formula is C12H20N2O3. The first-order valence-corrected chi connectivity index (χ1v) is 5.47. The van der Waals surface area contributed by atoms with E-state index in [-0.39, 0.29) is 30.5 Å². The van der Waals surface area contributed by atoms with Crippen LogP contribution in [0.15, 0.2) is 18.2 Å². The molecule has 1 rings (SSSR count). The Bertz CT molecular complexity index is 354. The van der Waals surface area contributed by atoms with Gasteiger partial charge in [0.1, 0.15) is 12.4 Å². The Hall–Kier alpha value is -1.75. The molecule has 0 fully saturated rings. The largest absolute Gasteiger partial charge is 0.504 e. The smallest absolute Gasteiger partial charge is 0.161 e. The van der Waals surface area contributed by atoms with E-state index in [9.17, 15) is 5.11 Å². The van der Waals surface area contributed by atoms with Crippen LogP contribution in [0.2, 0.25) is 0 Å². The lowest BCUT2D eigenvalue weighted by Crippen LogP contribution is -2.11. The second-order valence-electron chi connectivity index (χ2n) is 3.38. The highest BCUT2D eigenvalue weighted by Gasteiger charge is 2.05. The Morgan fingerprint density at radius 3 is 2.47 bits per heavy atom. The van der Waals surface area contributed by atoms with E-state index in [0.29, 0.717) is 5.56 Å². The van der Waals surface area contributed by atoms with E-state index in [1.54, 1.807) is 0 Å². The third-order valence-electron chi connectivity index (χ3n) is 1.62. The predicted octanol–water partition coefficient (Wildman–Crippen LogP) is 1.46. The molecule has 5 N–H and O–H groups in total. The average molecular weight is 240 g/mol. The van der Waals surface area contributed by atoms with Crippen LogP contribution in [-0.4, -0.2) is 29.3 Å². The minimum atomic E-state index is -0.135. The van der Waals surface area contributed by atoms with Crippen molar-refractivity contribution in [3.8, 4) is 11.5 Å². The fraction of sp³-hybridized carbons (Fsp3) is 0.417. The summed E-state index contributed by atoms with van der Waals surface area (Å²) in [6.45, 7) is 4.21. The van der Waals surface area contributed by atoms with E-state index in [4.69, 9.17) is 21.0 Å². The molecule has 0 spiro atoms. The molecule has 5 heteroatoms. The van der Waals surface area contributed by atoms with Gasteiger partial charge in [0.15, 0.2) is 11.5 Å². The number of aromatic hydroxyl groups is 1. The summed E-state index contributed by atoms with van der Waals surface area (Å²) in [5.74, 6) is 0.0778. The van der Waals surface area contributed by atoms with Gasteiger partial charge in [0.05, 0.1) is 6.61 Å². The molecule has 0 radical (unpaired) electrons. The fourth-order valence-corrected chi connectivity index (χ4v) is 0.953. The normalized spacial score (nSPS) is 9.12. The molecule has 0 saturated heterocycles. The molecule has 0 bridgehead atoms. The number of nitrogens with one attached hydrogen (secondary N) is 1. The van der Waals surface area contributed by atoms with Gasteiger partial charge in [-0.05, 0) is 18.2 Å². The van der Waals surface area contributed by atoms with Crippen molar-refractivity contribution in [3.63, 3.8) is 0 Å². The Balaban J connectivity index is 0.000000770. The van der Waals surface area contributed by atoms with E-state index >= 15 is 0 Å². The highest BCUT2D eigenvalue weighted by Crippen LogP contribution is 2.26. The maximum Gasteiger partial charge on any atom is 0.161 e. The van der Waals surface area contributed by atoms with Crippen LogP contribution in [0.5, 0.6) is 11.5 Å². The molecule has 1 aromatic rings. The van der Waals surface area contributed by atoms with Crippen molar-refractivity contribution in [1.82, 2.24) is 0 Å². The second kappa shape index (κ2) is 8.41. The number of nitrogens with two attached hydrogens (primary N) is 1. The summed E-state index contributed by atoms with van der Waals surface area (Å²) in [7, 11) is 0. The SMILES string of the molecule is CCC.N=C(N)c1ccc(O)c(OCCO)c1. The molecule has 0 saturated carbocycles. The van der Waals surface area contributed by atoms with Gasteiger partial charge in [-0.3, -0.25) is 5.41 Å². The first-order valence-electron chi connectivity index (χ1n) is 5.47. The fourth-order valence-electron chi connectivity index (χ4n) is 0.953. The lowest BCUT2D eigenvalue weighted by molar-refractivity contribution is 0.197. The summed E-state index contributed by atoms with van der Waals surface area (Å²) in [6.07, 6.45) is 1.25. The number of phenolic OH excluding ortho intramolecular Hbond substituents is 1. The van der Waals surface area contributed by atoms with Crippen molar-refractivity contribution >= 4 is 5.84 Å². The molecule has 0 unspecified atom stereocenters. The number of phenols is 1. The zero-order chi connectivity index (χ0) is 13.3. The Kier molecular flexibility index (Phi) is 7.54.